The smallest absolute Gasteiger partial charge is 0.258 e. The SMILES string of the molecule is CC(C)c1ccc(OCC(=O)N[C@@H](C)c2ccc(C(C)(C)C)cc2)cc1. The van der Waals surface area contributed by atoms with Gasteiger partial charge in [0.15, 0.2) is 6.61 Å². The molecule has 3 heteroatoms. The van der Waals surface area contributed by atoms with Crippen LogP contribution in [0.3, 0.4) is 0 Å². The van der Waals surface area contributed by atoms with Crippen molar-refractivity contribution in [1.82, 2.24) is 5.32 Å². The van der Waals surface area contributed by atoms with E-state index in [2.05, 4.69) is 64.2 Å². The van der Waals surface area contributed by atoms with Crippen LogP contribution in [0.5, 0.6) is 5.75 Å². The molecule has 0 heterocycles. The van der Waals surface area contributed by atoms with Crippen molar-refractivity contribution in [2.24, 2.45) is 0 Å². The summed E-state index contributed by atoms with van der Waals surface area (Å²) in [6.07, 6.45) is 0. The van der Waals surface area contributed by atoms with Crippen LogP contribution in [0.4, 0.5) is 0 Å². The molecular formula is C23H31NO2. The van der Waals surface area contributed by atoms with Gasteiger partial charge in [-0.25, -0.2) is 0 Å². The number of carbonyl (C=O) groups excluding carboxylic acids is 1. The average molecular weight is 354 g/mol. The zero-order chi connectivity index (χ0) is 19.3. The number of amides is 1. The topological polar surface area (TPSA) is 38.3 Å². The van der Waals surface area contributed by atoms with Crippen LogP contribution in [0, 0.1) is 0 Å². The maximum absolute atomic E-state index is 12.2. The molecule has 1 amide bonds. The number of nitrogens with one attached hydrogen (secondary N) is 1. The molecule has 26 heavy (non-hydrogen) atoms. The van der Waals surface area contributed by atoms with Crippen molar-refractivity contribution in [3.05, 3.63) is 65.2 Å². The normalized spacial score (nSPS) is 12.7. The van der Waals surface area contributed by atoms with Crippen molar-refractivity contribution in [2.45, 2.75) is 58.9 Å². The third-order valence-electron chi connectivity index (χ3n) is 4.57. The minimum absolute atomic E-state index is 0.0193. The molecule has 0 saturated heterocycles. The highest BCUT2D eigenvalue weighted by molar-refractivity contribution is 5.78. The van der Waals surface area contributed by atoms with Crippen LogP contribution in [0.25, 0.3) is 0 Å². The summed E-state index contributed by atoms with van der Waals surface area (Å²) in [6, 6.07) is 16.3. The molecule has 0 unspecified atom stereocenters. The molecule has 2 aromatic rings. The Kier molecular flexibility index (Phi) is 6.47. The Morgan fingerprint density at radius 2 is 1.46 bits per heavy atom. The van der Waals surface area contributed by atoms with Gasteiger partial charge in [0.25, 0.3) is 5.91 Å². The molecule has 0 bridgehead atoms. The summed E-state index contributed by atoms with van der Waals surface area (Å²) in [4.78, 5) is 12.2. The number of carbonyl (C=O) groups is 1. The second-order valence-electron chi connectivity index (χ2n) is 8.17. The standard InChI is InChI=1S/C23H31NO2/c1-16(2)18-9-13-21(14-10-18)26-15-22(25)24-17(3)19-7-11-20(12-8-19)23(4,5)6/h7-14,16-17H,15H2,1-6H3,(H,24,25)/t17-/m0/s1. The first kappa shape index (κ1) is 20.0. The average Bonchev–Trinajstić information content (AvgIpc) is 2.59. The number of benzene rings is 2. The molecule has 140 valence electrons. The minimum Gasteiger partial charge on any atom is -0.484 e. The molecule has 3 nitrogen and oxygen atoms in total. The summed E-state index contributed by atoms with van der Waals surface area (Å²) < 4.78 is 5.59. The van der Waals surface area contributed by atoms with Crippen LogP contribution in [0.2, 0.25) is 0 Å². The molecule has 1 atom stereocenters. The number of hydrogen-bond acceptors (Lipinski definition) is 2. The second kappa shape index (κ2) is 8.39. The summed E-state index contributed by atoms with van der Waals surface area (Å²) in [5, 5.41) is 2.99. The largest absolute Gasteiger partial charge is 0.484 e. The summed E-state index contributed by atoms with van der Waals surface area (Å²) >= 11 is 0. The van der Waals surface area contributed by atoms with Crippen molar-refractivity contribution >= 4 is 5.91 Å². The van der Waals surface area contributed by atoms with Crippen molar-refractivity contribution in [3.63, 3.8) is 0 Å². The first-order valence-electron chi connectivity index (χ1n) is 9.29. The van der Waals surface area contributed by atoms with Crippen LogP contribution in [-0.4, -0.2) is 12.5 Å². The molecule has 0 aromatic heterocycles. The fourth-order valence-corrected chi connectivity index (χ4v) is 2.74. The van der Waals surface area contributed by atoms with Gasteiger partial charge in [0.1, 0.15) is 5.75 Å². The van der Waals surface area contributed by atoms with E-state index in [1.54, 1.807) is 0 Å². The zero-order valence-corrected chi connectivity index (χ0v) is 16.8. The molecule has 0 aliphatic rings. The Labute approximate surface area is 157 Å². The highest BCUT2D eigenvalue weighted by atomic mass is 16.5. The van der Waals surface area contributed by atoms with Crippen LogP contribution >= 0.6 is 0 Å². The quantitative estimate of drug-likeness (QED) is 0.759. The monoisotopic (exact) mass is 353 g/mol. The molecule has 0 spiro atoms. The predicted molar refractivity (Wildman–Crippen MR) is 108 cm³/mol. The summed E-state index contributed by atoms with van der Waals surface area (Å²) in [6.45, 7) is 12.9. The molecule has 0 aliphatic carbocycles. The van der Waals surface area contributed by atoms with E-state index in [-0.39, 0.29) is 24.0 Å². The highest BCUT2D eigenvalue weighted by Gasteiger charge is 2.15. The van der Waals surface area contributed by atoms with Gasteiger partial charge in [0.05, 0.1) is 6.04 Å². The van der Waals surface area contributed by atoms with Crippen LogP contribution in [0.1, 0.15) is 70.2 Å². The Bertz CT molecular complexity index is 709. The third-order valence-corrected chi connectivity index (χ3v) is 4.57. The summed E-state index contributed by atoms with van der Waals surface area (Å²) in [5.41, 5.74) is 3.76. The van der Waals surface area contributed by atoms with Crippen LogP contribution in [0.15, 0.2) is 48.5 Å². The lowest BCUT2D eigenvalue weighted by atomic mass is 9.86. The van der Waals surface area contributed by atoms with E-state index in [1.165, 1.54) is 11.1 Å². The molecule has 0 saturated carbocycles. The Morgan fingerprint density at radius 1 is 0.923 bits per heavy atom. The van der Waals surface area contributed by atoms with Gasteiger partial charge >= 0.3 is 0 Å². The van der Waals surface area contributed by atoms with Gasteiger partial charge < -0.3 is 10.1 Å². The number of rotatable bonds is 6. The summed E-state index contributed by atoms with van der Waals surface area (Å²) in [7, 11) is 0. The van der Waals surface area contributed by atoms with E-state index < -0.39 is 0 Å². The molecule has 2 rings (SSSR count). The number of ether oxygens (including phenoxy) is 1. The highest BCUT2D eigenvalue weighted by Crippen LogP contribution is 2.24. The van der Waals surface area contributed by atoms with E-state index in [4.69, 9.17) is 4.74 Å². The molecular weight excluding hydrogens is 322 g/mol. The second-order valence-corrected chi connectivity index (χ2v) is 8.17. The first-order chi connectivity index (χ1) is 12.2. The Hall–Kier alpha value is -2.29. The van der Waals surface area contributed by atoms with Gasteiger partial charge in [0.2, 0.25) is 0 Å². The lowest BCUT2D eigenvalue weighted by Gasteiger charge is -2.20. The minimum atomic E-state index is -0.120. The van der Waals surface area contributed by atoms with Crippen molar-refractivity contribution in [3.8, 4) is 5.75 Å². The van der Waals surface area contributed by atoms with Gasteiger partial charge in [-0.2, -0.15) is 0 Å². The predicted octanol–water partition coefficient (Wildman–Crippen LogP) is 5.36. The Morgan fingerprint density at radius 3 is 1.96 bits per heavy atom. The van der Waals surface area contributed by atoms with E-state index in [0.29, 0.717) is 11.7 Å². The Balaban J connectivity index is 1.86. The fourth-order valence-electron chi connectivity index (χ4n) is 2.74. The van der Waals surface area contributed by atoms with Gasteiger partial charge in [-0.15, -0.1) is 0 Å². The van der Waals surface area contributed by atoms with E-state index >= 15 is 0 Å². The fraction of sp³-hybridized carbons (Fsp3) is 0.435. The maximum Gasteiger partial charge on any atom is 0.258 e. The zero-order valence-electron chi connectivity index (χ0n) is 16.8. The molecule has 1 N–H and O–H groups in total. The lowest BCUT2D eigenvalue weighted by molar-refractivity contribution is -0.123. The van der Waals surface area contributed by atoms with E-state index in [0.717, 1.165) is 5.56 Å². The van der Waals surface area contributed by atoms with Crippen molar-refractivity contribution in [1.29, 1.82) is 0 Å². The third kappa shape index (κ3) is 5.62. The lowest BCUT2D eigenvalue weighted by Crippen LogP contribution is -2.31. The van der Waals surface area contributed by atoms with Crippen LogP contribution in [-0.2, 0) is 10.2 Å². The molecule has 0 radical (unpaired) electrons. The number of hydrogen-bond donors (Lipinski definition) is 1. The first-order valence-corrected chi connectivity index (χ1v) is 9.29. The van der Waals surface area contributed by atoms with Crippen molar-refractivity contribution < 1.29 is 9.53 Å². The summed E-state index contributed by atoms with van der Waals surface area (Å²) in [5.74, 6) is 1.08. The van der Waals surface area contributed by atoms with Gasteiger partial charge in [-0.05, 0) is 47.1 Å². The molecule has 2 aromatic carbocycles. The van der Waals surface area contributed by atoms with Gasteiger partial charge in [0, 0.05) is 0 Å². The van der Waals surface area contributed by atoms with E-state index in [9.17, 15) is 4.79 Å². The van der Waals surface area contributed by atoms with E-state index in [1.807, 2.05) is 31.2 Å². The van der Waals surface area contributed by atoms with Crippen LogP contribution < -0.4 is 10.1 Å². The molecule has 0 fully saturated rings. The molecule has 0 aliphatic heterocycles. The van der Waals surface area contributed by atoms with Gasteiger partial charge in [-0.3, -0.25) is 4.79 Å². The maximum atomic E-state index is 12.2. The van der Waals surface area contributed by atoms with Crippen molar-refractivity contribution in [2.75, 3.05) is 6.61 Å². The van der Waals surface area contributed by atoms with Gasteiger partial charge in [-0.1, -0.05) is 71.0 Å².